The molecule has 0 amide bonds. The molecule has 0 fully saturated rings. The number of carbonyl (C=O) groups excluding carboxylic acids is 1. The lowest BCUT2D eigenvalue weighted by molar-refractivity contribution is -0.115. The standard InChI is InChI=1S/C11H12Br2O2/c1-15-11-3-2-8(6-12)4-9(11)5-10(14)7-13/h2-4H,5-7H2,1H3. The van der Waals surface area contributed by atoms with Crippen LogP contribution in [0.15, 0.2) is 18.2 Å². The normalized spacial score (nSPS) is 10.1. The maximum atomic E-state index is 11.3. The molecule has 0 aliphatic heterocycles. The van der Waals surface area contributed by atoms with Gasteiger partial charge in [-0.15, -0.1) is 0 Å². The van der Waals surface area contributed by atoms with Gasteiger partial charge < -0.3 is 4.74 Å². The molecular weight excluding hydrogens is 324 g/mol. The first kappa shape index (κ1) is 12.7. The highest BCUT2D eigenvalue weighted by Gasteiger charge is 2.08. The largest absolute Gasteiger partial charge is 0.496 e. The van der Waals surface area contributed by atoms with E-state index in [1.807, 2.05) is 18.2 Å². The predicted octanol–water partition coefficient (Wildman–Crippen LogP) is 3.10. The van der Waals surface area contributed by atoms with E-state index in [9.17, 15) is 4.79 Å². The molecular formula is C11H12Br2O2. The molecule has 0 aliphatic rings. The number of carbonyl (C=O) groups is 1. The second-order valence-corrected chi connectivity index (χ2v) is 4.25. The molecule has 15 heavy (non-hydrogen) atoms. The fraction of sp³-hybridized carbons (Fsp3) is 0.364. The minimum Gasteiger partial charge on any atom is -0.496 e. The Morgan fingerprint density at radius 3 is 2.67 bits per heavy atom. The van der Waals surface area contributed by atoms with Crippen LogP contribution in [0.3, 0.4) is 0 Å². The second-order valence-electron chi connectivity index (χ2n) is 3.13. The van der Waals surface area contributed by atoms with Crippen LogP contribution < -0.4 is 4.74 Å². The number of benzene rings is 1. The third-order valence-corrected chi connectivity index (χ3v) is 3.31. The van der Waals surface area contributed by atoms with Gasteiger partial charge in [0.2, 0.25) is 0 Å². The molecule has 0 bridgehead atoms. The Kier molecular flexibility index (Phi) is 5.32. The van der Waals surface area contributed by atoms with E-state index >= 15 is 0 Å². The van der Waals surface area contributed by atoms with E-state index < -0.39 is 0 Å². The molecule has 0 saturated carbocycles. The molecule has 0 aromatic heterocycles. The monoisotopic (exact) mass is 334 g/mol. The topological polar surface area (TPSA) is 26.3 Å². The maximum Gasteiger partial charge on any atom is 0.147 e. The van der Waals surface area contributed by atoms with E-state index in [1.165, 1.54) is 0 Å². The molecule has 0 radical (unpaired) electrons. The number of rotatable bonds is 5. The molecule has 82 valence electrons. The van der Waals surface area contributed by atoms with Gasteiger partial charge in [0, 0.05) is 17.3 Å². The van der Waals surface area contributed by atoms with Crippen molar-refractivity contribution in [2.24, 2.45) is 0 Å². The smallest absolute Gasteiger partial charge is 0.147 e. The van der Waals surface area contributed by atoms with Crippen LogP contribution in [0.25, 0.3) is 0 Å². The zero-order valence-corrected chi connectivity index (χ0v) is 11.6. The van der Waals surface area contributed by atoms with Gasteiger partial charge in [-0.05, 0) is 11.6 Å². The van der Waals surface area contributed by atoms with E-state index in [1.54, 1.807) is 7.11 Å². The zero-order valence-electron chi connectivity index (χ0n) is 8.43. The van der Waals surface area contributed by atoms with Gasteiger partial charge in [0.15, 0.2) is 0 Å². The predicted molar refractivity (Wildman–Crippen MR) is 68.1 cm³/mol. The van der Waals surface area contributed by atoms with Crippen LogP contribution in [0.1, 0.15) is 11.1 Å². The number of methoxy groups -OCH3 is 1. The highest BCUT2D eigenvalue weighted by molar-refractivity contribution is 9.09. The molecule has 0 spiro atoms. The fourth-order valence-electron chi connectivity index (χ4n) is 1.31. The Bertz CT molecular complexity index is 350. The first-order valence-corrected chi connectivity index (χ1v) is 6.75. The lowest BCUT2D eigenvalue weighted by Gasteiger charge is -2.08. The summed E-state index contributed by atoms with van der Waals surface area (Å²) in [7, 11) is 1.62. The van der Waals surface area contributed by atoms with Crippen LogP contribution in [0.4, 0.5) is 0 Å². The van der Waals surface area contributed by atoms with Crippen molar-refractivity contribution in [1.29, 1.82) is 0 Å². The van der Waals surface area contributed by atoms with E-state index in [0.717, 1.165) is 22.2 Å². The van der Waals surface area contributed by atoms with Gasteiger partial charge in [0.25, 0.3) is 0 Å². The van der Waals surface area contributed by atoms with Gasteiger partial charge in [-0.3, -0.25) is 4.79 Å². The minimum atomic E-state index is 0.153. The maximum absolute atomic E-state index is 11.3. The SMILES string of the molecule is COc1ccc(CBr)cc1CC(=O)CBr. The first-order valence-electron chi connectivity index (χ1n) is 4.50. The van der Waals surface area contributed by atoms with Gasteiger partial charge in [-0.1, -0.05) is 44.0 Å². The van der Waals surface area contributed by atoms with Crippen molar-refractivity contribution in [2.45, 2.75) is 11.8 Å². The lowest BCUT2D eigenvalue weighted by Crippen LogP contribution is -2.05. The van der Waals surface area contributed by atoms with E-state index in [4.69, 9.17) is 4.74 Å². The van der Waals surface area contributed by atoms with Crippen molar-refractivity contribution < 1.29 is 9.53 Å². The molecule has 1 rings (SSSR count). The fourth-order valence-corrected chi connectivity index (χ4v) is 1.86. The Balaban J connectivity index is 2.95. The first-order chi connectivity index (χ1) is 7.21. The zero-order chi connectivity index (χ0) is 11.3. The van der Waals surface area contributed by atoms with Crippen molar-refractivity contribution in [3.63, 3.8) is 0 Å². The van der Waals surface area contributed by atoms with Crippen LogP contribution in [0.2, 0.25) is 0 Å². The molecule has 0 atom stereocenters. The highest BCUT2D eigenvalue weighted by Crippen LogP contribution is 2.22. The van der Waals surface area contributed by atoms with E-state index in [2.05, 4.69) is 31.9 Å². The van der Waals surface area contributed by atoms with Gasteiger partial charge in [-0.25, -0.2) is 0 Å². The summed E-state index contributed by atoms with van der Waals surface area (Å²) in [6, 6.07) is 5.87. The Hall–Kier alpha value is -0.350. The molecule has 1 aromatic carbocycles. The van der Waals surface area contributed by atoms with Crippen molar-refractivity contribution in [3.05, 3.63) is 29.3 Å². The summed E-state index contributed by atoms with van der Waals surface area (Å²) in [6.45, 7) is 0. The quantitative estimate of drug-likeness (QED) is 0.773. The van der Waals surface area contributed by atoms with E-state index in [0.29, 0.717) is 11.8 Å². The van der Waals surface area contributed by atoms with E-state index in [-0.39, 0.29) is 5.78 Å². The number of Topliss-reactive ketones (excluding diaryl/α,β-unsaturated/α-hetero) is 1. The van der Waals surface area contributed by atoms with Gasteiger partial charge >= 0.3 is 0 Å². The van der Waals surface area contributed by atoms with Gasteiger partial charge in [0.05, 0.1) is 12.4 Å². The Morgan fingerprint density at radius 2 is 2.13 bits per heavy atom. The third kappa shape index (κ3) is 3.61. The Labute approximate surface area is 106 Å². The number of hydrogen-bond donors (Lipinski definition) is 0. The summed E-state index contributed by atoms with van der Waals surface area (Å²) >= 11 is 6.54. The number of hydrogen-bond acceptors (Lipinski definition) is 2. The van der Waals surface area contributed by atoms with Crippen molar-refractivity contribution in [2.75, 3.05) is 12.4 Å². The molecule has 0 saturated heterocycles. The minimum absolute atomic E-state index is 0.153. The van der Waals surface area contributed by atoms with Crippen molar-refractivity contribution in [1.82, 2.24) is 0 Å². The third-order valence-electron chi connectivity index (χ3n) is 2.04. The lowest BCUT2D eigenvalue weighted by atomic mass is 10.1. The summed E-state index contributed by atoms with van der Waals surface area (Å²) in [5.74, 6) is 0.925. The summed E-state index contributed by atoms with van der Waals surface area (Å²) < 4.78 is 5.21. The molecule has 2 nitrogen and oxygen atoms in total. The molecule has 0 aliphatic carbocycles. The summed E-state index contributed by atoms with van der Waals surface area (Å²) in [5.41, 5.74) is 2.09. The molecule has 0 N–H and O–H groups in total. The summed E-state index contributed by atoms with van der Waals surface area (Å²) in [5, 5.41) is 1.17. The van der Waals surface area contributed by atoms with Crippen LogP contribution >= 0.6 is 31.9 Å². The van der Waals surface area contributed by atoms with Crippen LogP contribution in [0.5, 0.6) is 5.75 Å². The average Bonchev–Trinajstić information content (AvgIpc) is 2.28. The molecule has 0 unspecified atom stereocenters. The Morgan fingerprint density at radius 1 is 1.40 bits per heavy atom. The van der Waals surface area contributed by atoms with Crippen LogP contribution in [-0.4, -0.2) is 18.2 Å². The van der Waals surface area contributed by atoms with Crippen molar-refractivity contribution in [3.8, 4) is 5.75 Å². The second kappa shape index (κ2) is 6.28. The van der Waals surface area contributed by atoms with Crippen LogP contribution in [-0.2, 0) is 16.5 Å². The highest BCUT2D eigenvalue weighted by atomic mass is 79.9. The number of ether oxygens (including phenoxy) is 1. The summed E-state index contributed by atoms with van der Waals surface area (Å²) in [6.07, 6.45) is 0.412. The number of halogens is 2. The van der Waals surface area contributed by atoms with Gasteiger partial charge in [-0.2, -0.15) is 0 Å². The van der Waals surface area contributed by atoms with Crippen molar-refractivity contribution >= 4 is 37.6 Å². The molecule has 4 heteroatoms. The number of ketones is 1. The van der Waals surface area contributed by atoms with Crippen LogP contribution in [0, 0.1) is 0 Å². The average molecular weight is 336 g/mol. The molecule has 1 aromatic rings. The molecule has 0 heterocycles. The summed E-state index contributed by atoms with van der Waals surface area (Å²) in [4.78, 5) is 11.3. The van der Waals surface area contributed by atoms with Gasteiger partial charge in [0.1, 0.15) is 11.5 Å². The number of alkyl halides is 2.